The first kappa shape index (κ1) is 14.5. The van der Waals surface area contributed by atoms with Crippen molar-refractivity contribution in [1.29, 1.82) is 0 Å². The van der Waals surface area contributed by atoms with E-state index >= 15 is 0 Å². The minimum atomic E-state index is 0.627. The van der Waals surface area contributed by atoms with Crippen molar-refractivity contribution >= 4 is 0 Å². The Hall–Kier alpha value is -0.860. The Bertz CT molecular complexity index is 363. The van der Waals surface area contributed by atoms with Crippen LogP contribution in [0, 0.1) is 0 Å². The fourth-order valence-electron chi connectivity index (χ4n) is 3.09. The van der Waals surface area contributed by atoms with Crippen molar-refractivity contribution in [2.24, 2.45) is 0 Å². The lowest BCUT2D eigenvalue weighted by atomic mass is 10.00. The van der Waals surface area contributed by atoms with Gasteiger partial charge in [-0.1, -0.05) is 37.3 Å². The SMILES string of the molecule is CCC1CNC(C)CN1C(C)CCc1ccccc1. The van der Waals surface area contributed by atoms with Gasteiger partial charge in [0, 0.05) is 31.2 Å². The Morgan fingerprint density at radius 1 is 1.32 bits per heavy atom. The number of hydrogen-bond acceptors (Lipinski definition) is 2. The lowest BCUT2D eigenvalue weighted by Crippen LogP contribution is -2.57. The van der Waals surface area contributed by atoms with Crippen LogP contribution in [0.5, 0.6) is 0 Å². The van der Waals surface area contributed by atoms with Gasteiger partial charge in [0.2, 0.25) is 0 Å². The highest BCUT2D eigenvalue weighted by molar-refractivity contribution is 5.14. The van der Waals surface area contributed by atoms with Gasteiger partial charge in [-0.25, -0.2) is 0 Å². The number of aryl methyl sites for hydroxylation is 1. The molecule has 1 N–H and O–H groups in total. The molecule has 106 valence electrons. The average Bonchev–Trinajstić information content (AvgIpc) is 2.46. The molecule has 2 rings (SSSR count). The fourth-order valence-corrected chi connectivity index (χ4v) is 3.09. The molecule has 0 aliphatic carbocycles. The van der Waals surface area contributed by atoms with Crippen LogP contribution in [-0.4, -0.2) is 36.1 Å². The molecule has 1 saturated heterocycles. The number of nitrogens with one attached hydrogen (secondary N) is 1. The molecule has 0 bridgehead atoms. The van der Waals surface area contributed by atoms with E-state index in [1.807, 2.05) is 0 Å². The normalized spacial score (nSPS) is 26.3. The predicted octanol–water partition coefficient (Wildman–Crippen LogP) is 3.08. The second-order valence-electron chi connectivity index (χ2n) is 5.94. The third-order valence-corrected chi connectivity index (χ3v) is 4.39. The van der Waals surface area contributed by atoms with Crippen molar-refractivity contribution in [2.75, 3.05) is 13.1 Å². The zero-order chi connectivity index (χ0) is 13.7. The lowest BCUT2D eigenvalue weighted by Gasteiger charge is -2.42. The first-order valence-electron chi connectivity index (χ1n) is 7.73. The highest BCUT2D eigenvalue weighted by Crippen LogP contribution is 2.17. The zero-order valence-corrected chi connectivity index (χ0v) is 12.6. The minimum Gasteiger partial charge on any atom is -0.311 e. The molecule has 0 spiro atoms. The number of rotatable bonds is 5. The van der Waals surface area contributed by atoms with Crippen LogP contribution in [0.4, 0.5) is 0 Å². The Morgan fingerprint density at radius 3 is 2.74 bits per heavy atom. The minimum absolute atomic E-state index is 0.627. The number of nitrogens with zero attached hydrogens (tertiary/aromatic N) is 1. The molecule has 1 fully saturated rings. The molecule has 0 amide bonds. The van der Waals surface area contributed by atoms with E-state index in [0.29, 0.717) is 18.1 Å². The molecule has 2 nitrogen and oxygen atoms in total. The number of hydrogen-bond donors (Lipinski definition) is 1. The Labute approximate surface area is 118 Å². The third kappa shape index (κ3) is 4.05. The van der Waals surface area contributed by atoms with E-state index in [-0.39, 0.29) is 0 Å². The van der Waals surface area contributed by atoms with E-state index in [2.05, 4.69) is 61.3 Å². The largest absolute Gasteiger partial charge is 0.311 e. The van der Waals surface area contributed by atoms with E-state index in [4.69, 9.17) is 0 Å². The van der Waals surface area contributed by atoms with Crippen molar-refractivity contribution in [3.63, 3.8) is 0 Å². The molecule has 1 heterocycles. The smallest absolute Gasteiger partial charge is 0.0221 e. The van der Waals surface area contributed by atoms with Gasteiger partial charge in [-0.3, -0.25) is 4.90 Å². The maximum Gasteiger partial charge on any atom is 0.0221 e. The predicted molar refractivity (Wildman–Crippen MR) is 82.5 cm³/mol. The monoisotopic (exact) mass is 260 g/mol. The van der Waals surface area contributed by atoms with Crippen molar-refractivity contribution in [3.05, 3.63) is 35.9 Å². The van der Waals surface area contributed by atoms with Gasteiger partial charge in [0.25, 0.3) is 0 Å². The summed E-state index contributed by atoms with van der Waals surface area (Å²) in [6, 6.07) is 12.9. The molecular weight excluding hydrogens is 232 g/mol. The van der Waals surface area contributed by atoms with E-state index in [9.17, 15) is 0 Å². The van der Waals surface area contributed by atoms with Gasteiger partial charge in [-0.05, 0) is 38.7 Å². The van der Waals surface area contributed by atoms with Gasteiger partial charge in [0.05, 0.1) is 0 Å². The first-order valence-corrected chi connectivity index (χ1v) is 7.73. The summed E-state index contributed by atoms with van der Waals surface area (Å²) in [6.07, 6.45) is 3.69. The first-order chi connectivity index (χ1) is 9.20. The second kappa shape index (κ2) is 7.06. The third-order valence-electron chi connectivity index (χ3n) is 4.39. The highest BCUT2D eigenvalue weighted by Gasteiger charge is 2.27. The van der Waals surface area contributed by atoms with Crippen molar-refractivity contribution < 1.29 is 0 Å². The molecule has 1 aliphatic rings. The van der Waals surface area contributed by atoms with Crippen molar-refractivity contribution in [2.45, 2.75) is 58.2 Å². The molecule has 1 aromatic rings. The Morgan fingerprint density at radius 2 is 2.05 bits per heavy atom. The highest BCUT2D eigenvalue weighted by atomic mass is 15.2. The van der Waals surface area contributed by atoms with Crippen molar-refractivity contribution in [3.8, 4) is 0 Å². The van der Waals surface area contributed by atoms with E-state index < -0.39 is 0 Å². The quantitative estimate of drug-likeness (QED) is 0.875. The summed E-state index contributed by atoms with van der Waals surface area (Å²) in [5.41, 5.74) is 1.46. The summed E-state index contributed by atoms with van der Waals surface area (Å²) < 4.78 is 0. The average molecular weight is 260 g/mol. The van der Waals surface area contributed by atoms with Crippen LogP contribution >= 0.6 is 0 Å². The van der Waals surface area contributed by atoms with Gasteiger partial charge in [-0.15, -0.1) is 0 Å². The lowest BCUT2D eigenvalue weighted by molar-refractivity contribution is 0.0865. The van der Waals surface area contributed by atoms with E-state index in [1.54, 1.807) is 0 Å². The molecule has 2 heteroatoms. The van der Waals surface area contributed by atoms with Gasteiger partial charge in [0.15, 0.2) is 0 Å². The van der Waals surface area contributed by atoms with Gasteiger partial charge < -0.3 is 5.32 Å². The molecule has 19 heavy (non-hydrogen) atoms. The standard InChI is InChI=1S/C17H28N2/c1-4-17-12-18-14(2)13-19(17)15(3)10-11-16-8-6-5-7-9-16/h5-9,14-15,17-18H,4,10-13H2,1-3H3. The molecular formula is C17H28N2. The van der Waals surface area contributed by atoms with Gasteiger partial charge >= 0.3 is 0 Å². The molecule has 1 aromatic carbocycles. The van der Waals surface area contributed by atoms with Crippen LogP contribution in [0.25, 0.3) is 0 Å². The van der Waals surface area contributed by atoms with Crippen LogP contribution in [0.3, 0.4) is 0 Å². The van der Waals surface area contributed by atoms with Gasteiger partial charge in [-0.2, -0.15) is 0 Å². The molecule has 0 radical (unpaired) electrons. The molecule has 3 atom stereocenters. The van der Waals surface area contributed by atoms with Gasteiger partial charge in [0.1, 0.15) is 0 Å². The topological polar surface area (TPSA) is 15.3 Å². The summed E-state index contributed by atoms with van der Waals surface area (Å²) in [4.78, 5) is 2.71. The van der Waals surface area contributed by atoms with Crippen molar-refractivity contribution in [1.82, 2.24) is 10.2 Å². The Kier molecular flexibility index (Phi) is 5.41. The maximum atomic E-state index is 3.60. The summed E-state index contributed by atoms with van der Waals surface area (Å²) in [5.74, 6) is 0. The van der Waals surface area contributed by atoms with Crippen LogP contribution < -0.4 is 5.32 Å². The zero-order valence-electron chi connectivity index (χ0n) is 12.6. The van der Waals surface area contributed by atoms with Crippen LogP contribution in [0.2, 0.25) is 0 Å². The van der Waals surface area contributed by atoms with Crippen LogP contribution in [-0.2, 0) is 6.42 Å². The van der Waals surface area contributed by atoms with E-state index in [1.165, 1.54) is 31.4 Å². The molecule has 1 aliphatic heterocycles. The summed E-state index contributed by atoms with van der Waals surface area (Å²) >= 11 is 0. The fraction of sp³-hybridized carbons (Fsp3) is 0.647. The molecule has 3 unspecified atom stereocenters. The maximum absolute atomic E-state index is 3.60. The Balaban J connectivity index is 1.88. The van der Waals surface area contributed by atoms with Crippen LogP contribution in [0.15, 0.2) is 30.3 Å². The number of piperazine rings is 1. The van der Waals surface area contributed by atoms with E-state index in [0.717, 1.165) is 6.54 Å². The summed E-state index contributed by atoms with van der Waals surface area (Å²) in [6.45, 7) is 9.33. The molecule has 0 aromatic heterocycles. The molecule has 0 saturated carbocycles. The van der Waals surface area contributed by atoms with Crippen LogP contribution in [0.1, 0.15) is 39.2 Å². The number of benzene rings is 1. The summed E-state index contributed by atoms with van der Waals surface area (Å²) in [7, 11) is 0. The second-order valence-corrected chi connectivity index (χ2v) is 5.94. The summed E-state index contributed by atoms with van der Waals surface area (Å²) in [5, 5.41) is 3.60.